The highest BCUT2D eigenvalue weighted by Crippen LogP contribution is 2.24. The fourth-order valence-electron chi connectivity index (χ4n) is 2.36. The molecule has 2 rings (SSSR count). The third-order valence-corrected chi connectivity index (χ3v) is 4.82. The van der Waals surface area contributed by atoms with Crippen molar-refractivity contribution < 1.29 is 0 Å². The number of aryl methyl sites for hydroxylation is 1. The summed E-state index contributed by atoms with van der Waals surface area (Å²) in [6.07, 6.45) is 1.09. The second-order valence-electron chi connectivity index (χ2n) is 5.43. The molecule has 0 aliphatic rings. The van der Waals surface area contributed by atoms with E-state index >= 15 is 0 Å². The van der Waals surface area contributed by atoms with Crippen LogP contribution in [0.2, 0.25) is 5.02 Å². The SMILES string of the molecule is CCc1ccc(C(NCc2cc(Cl)cs2)C(C)C)cc1. The highest BCUT2D eigenvalue weighted by atomic mass is 35.5. The van der Waals surface area contributed by atoms with Crippen LogP contribution in [-0.2, 0) is 13.0 Å². The van der Waals surface area contributed by atoms with Crippen LogP contribution < -0.4 is 5.32 Å². The van der Waals surface area contributed by atoms with Crippen LogP contribution in [0.3, 0.4) is 0 Å². The summed E-state index contributed by atoms with van der Waals surface area (Å²) >= 11 is 7.68. The van der Waals surface area contributed by atoms with Gasteiger partial charge in [0, 0.05) is 22.8 Å². The fourth-order valence-corrected chi connectivity index (χ4v) is 3.38. The maximum Gasteiger partial charge on any atom is 0.0516 e. The van der Waals surface area contributed by atoms with E-state index in [2.05, 4.69) is 50.4 Å². The van der Waals surface area contributed by atoms with Crippen LogP contribution in [0.1, 0.15) is 42.8 Å². The predicted octanol–water partition coefficient (Wildman–Crippen LogP) is 5.45. The van der Waals surface area contributed by atoms with Crippen molar-refractivity contribution in [2.24, 2.45) is 5.92 Å². The van der Waals surface area contributed by atoms with Gasteiger partial charge in [-0.2, -0.15) is 0 Å². The number of nitrogens with one attached hydrogen (secondary N) is 1. The van der Waals surface area contributed by atoms with Gasteiger partial charge in [0.15, 0.2) is 0 Å². The first-order valence-electron chi connectivity index (χ1n) is 7.15. The van der Waals surface area contributed by atoms with Crippen molar-refractivity contribution in [2.45, 2.75) is 39.8 Å². The maximum atomic E-state index is 5.97. The van der Waals surface area contributed by atoms with Gasteiger partial charge in [-0.15, -0.1) is 11.3 Å². The van der Waals surface area contributed by atoms with Crippen molar-refractivity contribution in [3.8, 4) is 0 Å². The summed E-state index contributed by atoms with van der Waals surface area (Å²) in [5.74, 6) is 0.554. The van der Waals surface area contributed by atoms with Crippen molar-refractivity contribution in [3.63, 3.8) is 0 Å². The summed E-state index contributed by atoms with van der Waals surface area (Å²) in [5, 5.41) is 6.47. The van der Waals surface area contributed by atoms with Crippen molar-refractivity contribution in [3.05, 3.63) is 56.7 Å². The lowest BCUT2D eigenvalue weighted by Crippen LogP contribution is -2.25. The summed E-state index contributed by atoms with van der Waals surface area (Å²) < 4.78 is 0. The molecule has 0 amide bonds. The molecule has 3 heteroatoms. The molecule has 2 aromatic rings. The van der Waals surface area contributed by atoms with E-state index in [-0.39, 0.29) is 0 Å². The van der Waals surface area contributed by atoms with Crippen molar-refractivity contribution in [2.75, 3.05) is 0 Å². The minimum atomic E-state index is 0.377. The Labute approximate surface area is 131 Å². The number of halogens is 1. The molecule has 1 atom stereocenters. The van der Waals surface area contributed by atoms with Gasteiger partial charge in [-0.1, -0.05) is 56.6 Å². The lowest BCUT2D eigenvalue weighted by molar-refractivity contribution is 0.412. The second-order valence-corrected chi connectivity index (χ2v) is 6.86. The van der Waals surface area contributed by atoms with Crippen molar-refractivity contribution in [1.29, 1.82) is 0 Å². The van der Waals surface area contributed by atoms with Crippen LogP contribution in [0.25, 0.3) is 0 Å². The van der Waals surface area contributed by atoms with Crippen molar-refractivity contribution >= 4 is 22.9 Å². The Kier molecular flexibility index (Phi) is 5.64. The van der Waals surface area contributed by atoms with Crippen LogP contribution in [0.4, 0.5) is 0 Å². The van der Waals surface area contributed by atoms with Crippen LogP contribution in [0.5, 0.6) is 0 Å². The molecule has 0 aliphatic heterocycles. The van der Waals surface area contributed by atoms with Crippen LogP contribution in [0, 0.1) is 5.92 Å². The predicted molar refractivity (Wildman–Crippen MR) is 89.6 cm³/mol. The summed E-state index contributed by atoms with van der Waals surface area (Å²) in [6.45, 7) is 7.57. The van der Waals surface area contributed by atoms with E-state index in [1.807, 2.05) is 11.4 Å². The molecule has 0 spiro atoms. The van der Waals surface area contributed by atoms with E-state index in [1.54, 1.807) is 11.3 Å². The highest BCUT2D eigenvalue weighted by molar-refractivity contribution is 7.10. The van der Waals surface area contributed by atoms with Crippen LogP contribution in [0.15, 0.2) is 35.7 Å². The maximum absolute atomic E-state index is 5.97. The molecule has 1 nitrogen and oxygen atoms in total. The first-order valence-corrected chi connectivity index (χ1v) is 8.41. The first-order chi connectivity index (χ1) is 9.60. The van der Waals surface area contributed by atoms with Gasteiger partial charge in [0.1, 0.15) is 0 Å². The van der Waals surface area contributed by atoms with Crippen molar-refractivity contribution in [1.82, 2.24) is 5.32 Å². The Morgan fingerprint density at radius 3 is 2.40 bits per heavy atom. The molecule has 0 aliphatic carbocycles. The second kappa shape index (κ2) is 7.26. The average Bonchev–Trinajstić information content (AvgIpc) is 2.85. The lowest BCUT2D eigenvalue weighted by atomic mass is 9.95. The minimum Gasteiger partial charge on any atom is -0.305 e. The number of rotatable bonds is 6. The molecular formula is C17H22ClNS. The third-order valence-electron chi connectivity index (χ3n) is 3.53. The minimum absolute atomic E-state index is 0.377. The smallest absolute Gasteiger partial charge is 0.0516 e. The molecule has 1 N–H and O–H groups in total. The Balaban J connectivity index is 2.06. The van der Waals surface area contributed by atoms with Gasteiger partial charge in [-0.05, 0) is 29.5 Å². The Morgan fingerprint density at radius 1 is 1.20 bits per heavy atom. The molecule has 1 aromatic carbocycles. The summed E-state index contributed by atoms with van der Waals surface area (Å²) in [7, 11) is 0. The molecule has 1 unspecified atom stereocenters. The normalized spacial score (nSPS) is 12.8. The highest BCUT2D eigenvalue weighted by Gasteiger charge is 2.15. The molecule has 0 fully saturated rings. The molecule has 0 radical (unpaired) electrons. The van der Waals surface area contributed by atoms with Gasteiger partial charge in [-0.3, -0.25) is 0 Å². The molecule has 1 aromatic heterocycles. The zero-order valence-corrected chi connectivity index (χ0v) is 13.9. The van der Waals surface area contributed by atoms with Gasteiger partial charge in [0.05, 0.1) is 5.02 Å². The largest absolute Gasteiger partial charge is 0.305 e. The zero-order chi connectivity index (χ0) is 14.5. The van der Waals surface area contributed by atoms with E-state index in [4.69, 9.17) is 11.6 Å². The number of hydrogen-bond acceptors (Lipinski definition) is 2. The molecule has 0 bridgehead atoms. The molecule has 0 saturated heterocycles. The number of benzene rings is 1. The van der Waals surface area contributed by atoms with Crippen LogP contribution >= 0.6 is 22.9 Å². The Morgan fingerprint density at radius 2 is 1.90 bits per heavy atom. The van der Waals surface area contributed by atoms with Gasteiger partial charge in [-0.25, -0.2) is 0 Å². The summed E-state index contributed by atoms with van der Waals surface area (Å²) in [4.78, 5) is 1.28. The average molecular weight is 308 g/mol. The monoisotopic (exact) mass is 307 g/mol. The van der Waals surface area contributed by atoms with Crippen LogP contribution in [-0.4, -0.2) is 0 Å². The lowest BCUT2D eigenvalue weighted by Gasteiger charge is -2.23. The zero-order valence-electron chi connectivity index (χ0n) is 12.3. The van der Waals surface area contributed by atoms with Gasteiger partial charge in [0.2, 0.25) is 0 Å². The Bertz CT molecular complexity index is 530. The molecular weight excluding hydrogens is 286 g/mol. The molecule has 1 heterocycles. The number of thiophene rings is 1. The third kappa shape index (κ3) is 4.08. The molecule has 0 saturated carbocycles. The van der Waals surface area contributed by atoms with Gasteiger partial charge >= 0.3 is 0 Å². The van der Waals surface area contributed by atoms with Gasteiger partial charge in [0.25, 0.3) is 0 Å². The molecule has 108 valence electrons. The van der Waals surface area contributed by atoms with E-state index in [1.165, 1.54) is 16.0 Å². The Hall–Kier alpha value is -0.830. The summed E-state index contributed by atoms with van der Waals surface area (Å²) in [6, 6.07) is 11.4. The van der Waals surface area contributed by atoms with E-state index in [9.17, 15) is 0 Å². The quantitative estimate of drug-likeness (QED) is 0.748. The van der Waals surface area contributed by atoms with Gasteiger partial charge < -0.3 is 5.32 Å². The topological polar surface area (TPSA) is 12.0 Å². The van der Waals surface area contributed by atoms with E-state index in [0.717, 1.165) is 18.0 Å². The fraction of sp³-hybridized carbons (Fsp3) is 0.412. The summed E-state index contributed by atoms with van der Waals surface area (Å²) in [5.41, 5.74) is 2.75. The van der Waals surface area contributed by atoms with E-state index < -0.39 is 0 Å². The first kappa shape index (κ1) is 15.6. The van der Waals surface area contributed by atoms with E-state index in [0.29, 0.717) is 12.0 Å². The standard InChI is InChI=1S/C17H22ClNS/c1-4-13-5-7-14(8-6-13)17(12(2)3)19-10-16-9-15(18)11-20-16/h5-9,11-12,17,19H,4,10H2,1-3H3. The number of hydrogen-bond donors (Lipinski definition) is 1. The molecule has 20 heavy (non-hydrogen) atoms.